The molecule has 0 aromatic rings. The van der Waals surface area contributed by atoms with Crippen molar-refractivity contribution < 1.29 is 14.2 Å². The molecule has 0 saturated carbocycles. The van der Waals surface area contributed by atoms with Crippen LogP contribution >= 0.6 is 0 Å². The fourth-order valence-electron chi connectivity index (χ4n) is 0.346. The molecule has 0 amide bonds. The van der Waals surface area contributed by atoms with Crippen LogP contribution in [0.25, 0.3) is 0 Å². The highest BCUT2D eigenvalue weighted by molar-refractivity contribution is 4.48. The standard InChI is InChI=1S/C7H12O3/c1-3-8-5-6-10-7-9-4-2/h3-4H,1-2,5-7H2. The van der Waals surface area contributed by atoms with Gasteiger partial charge in [0.2, 0.25) is 0 Å². The Morgan fingerprint density at radius 1 is 1.00 bits per heavy atom. The summed E-state index contributed by atoms with van der Waals surface area (Å²) in [6.07, 6.45) is 2.70. The van der Waals surface area contributed by atoms with Crippen molar-refractivity contribution in [3.63, 3.8) is 0 Å². The summed E-state index contributed by atoms with van der Waals surface area (Å²) in [6.45, 7) is 7.94. The molecule has 0 atom stereocenters. The lowest BCUT2D eigenvalue weighted by atomic mass is 10.8. The molecule has 10 heavy (non-hydrogen) atoms. The zero-order chi connectivity index (χ0) is 7.66. The molecule has 0 unspecified atom stereocenters. The van der Waals surface area contributed by atoms with E-state index in [4.69, 9.17) is 9.47 Å². The van der Waals surface area contributed by atoms with Crippen LogP contribution in [0.15, 0.2) is 25.7 Å². The summed E-state index contributed by atoms with van der Waals surface area (Å²) in [5.41, 5.74) is 0. The SMILES string of the molecule is C=COCCOCOC=C. The maximum atomic E-state index is 4.91. The van der Waals surface area contributed by atoms with Gasteiger partial charge in [-0.25, -0.2) is 0 Å². The van der Waals surface area contributed by atoms with E-state index in [0.29, 0.717) is 13.2 Å². The van der Waals surface area contributed by atoms with Crippen molar-refractivity contribution in [3.05, 3.63) is 25.7 Å². The quantitative estimate of drug-likeness (QED) is 0.306. The van der Waals surface area contributed by atoms with Gasteiger partial charge in [0.1, 0.15) is 6.61 Å². The van der Waals surface area contributed by atoms with E-state index in [1.165, 1.54) is 12.5 Å². The zero-order valence-electron chi connectivity index (χ0n) is 5.91. The summed E-state index contributed by atoms with van der Waals surface area (Å²) in [5.74, 6) is 0. The summed E-state index contributed by atoms with van der Waals surface area (Å²) in [4.78, 5) is 0. The predicted molar refractivity (Wildman–Crippen MR) is 38.3 cm³/mol. The third-order valence-corrected chi connectivity index (χ3v) is 0.733. The van der Waals surface area contributed by atoms with E-state index >= 15 is 0 Å². The van der Waals surface area contributed by atoms with Crippen LogP contribution in [0.2, 0.25) is 0 Å². The average molecular weight is 144 g/mol. The molecule has 0 saturated heterocycles. The minimum absolute atomic E-state index is 0.226. The Kier molecular flexibility index (Phi) is 7.27. The van der Waals surface area contributed by atoms with E-state index in [1.807, 2.05) is 0 Å². The molecule has 0 rings (SSSR count). The lowest BCUT2D eigenvalue weighted by molar-refractivity contribution is -0.0254. The molecule has 3 heteroatoms. The van der Waals surface area contributed by atoms with Gasteiger partial charge in [-0.2, -0.15) is 0 Å². The second-order valence-corrected chi connectivity index (χ2v) is 1.40. The van der Waals surface area contributed by atoms with Gasteiger partial charge in [0.15, 0.2) is 6.79 Å². The molecule has 0 aliphatic carbocycles. The molecule has 0 fully saturated rings. The van der Waals surface area contributed by atoms with Crippen LogP contribution in [-0.4, -0.2) is 20.0 Å². The van der Waals surface area contributed by atoms with E-state index in [0.717, 1.165) is 0 Å². The first kappa shape index (κ1) is 9.04. The fraction of sp³-hybridized carbons (Fsp3) is 0.429. The normalized spacial score (nSPS) is 8.40. The van der Waals surface area contributed by atoms with E-state index in [1.54, 1.807) is 0 Å². The summed E-state index contributed by atoms with van der Waals surface area (Å²) in [7, 11) is 0. The van der Waals surface area contributed by atoms with Gasteiger partial charge < -0.3 is 14.2 Å². The van der Waals surface area contributed by atoms with Gasteiger partial charge in [-0.15, -0.1) is 0 Å². The van der Waals surface area contributed by atoms with Crippen LogP contribution in [-0.2, 0) is 14.2 Å². The van der Waals surface area contributed by atoms with Gasteiger partial charge in [-0.1, -0.05) is 13.2 Å². The second kappa shape index (κ2) is 8.04. The minimum atomic E-state index is 0.226. The maximum absolute atomic E-state index is 4.91. The molecular formula is C7H12O3. The molecule has 3 nitrogen and oxygen atoms in total. The first-order valence-electron chi connectivity index (χ1n) is 2.94. The Balaban J connectivity index is 2.76. The van der Waals surface area contributed by atoms with Crippen molar-refractivity contribution in [1.29, 1.82) is 0 Å². The number of ether oxygens (including phenoxy) is 3. The number of rotatable bonds is 7. The van der Waals surface area contributed by atoms with Crippen LogP contribution in [0.3, 0.4) is 0 Å². The van der Waals surface area contributed by atoms with Crippen LogP contribution in [0.4, 0.5) is 0 Å². The van der Waals surface area contributed by atoms with Crippen LogP contribution in [0, 0.1) is 0 Å². The lowest BCUT2D eigenvalue weighted by Gasteiger charge is -2.02. The van der Waals surface area contributed by atoms with Crippen molar-refractivity contribution in [2.24, 2.45) is 0 Å². The molecule has 0 heterocycles. The van der Waals surface area contributed by atoms with Crippen molar-refractivity contribution in [1.82, 2.24) is 0 Å². The fourth-order valence-corrected chi connectivity index (χ4v) is 0.346. The summed E-state index contributed by atoms with van der Waals surface area (Å²) in [6, 6.07) is 0. The number of hydrogen-bond acceptors (Lipinski definition) is 3. The molecule has 0 radical (unpaired) electrons. The van der Waals surface area contributed by atoms with Crippen molar-refractivity contribution in [2.75, 3.05) is 20.0 Å². The summed E-state index contributed by atoms with van der Waals surface area (Å²) < 4.78 is 14.4. The van der Waals surface area contributed by atoms with Gasteiger partial charge in [0.05, 0.1) is 19.1 Å². The second-order valence-electron chi connectivity index (χ2n) is 1.40. The van der Waals surface area contributed by atoms with Crippen LogP contribution < -0.4 is 0 Å². The van der Waals surface area contributed by atoms with Crippen molar-refractivity contribution in [2.45, 2.75) is 0 Å². The van der Waals surface area contributed by atoms with Gasteiger partial charge >= 0.3 is 0 Å². The molecule has 0 N–H and O–H groups in total. The van der Waals surface area contributed by atoms with Crippen LogP contribution in [0.1, 0.15) is 0 Å². The minimum Gasteiger partial charge on any atom is -0.499 e. The maximum Gasteiger partial charge on any atom is 0.188 e. The Hall–Kier alpha value is -0.960. The first-order chi connectivity index (χ1) is 4.91. The van der Waals surface area contributed by atoms with Gasteiger partial charge in [-0.3, -0.25) is 0 Å². The van der Waals surface area contributed by atoms with E-state index in [9.17, 15) is 0 Å². The van der Waals surface area contributed by atoms with Gasteiger partial charge in [-0.05, 0) is 0 Å². The molecule has 0 aliphatic heterocycles. The van der Waals surface area contributed by atoms with Gasteiger partial charge in [0.25, 0.3) is 0 Å². The monoisotopic (exact) mass is 144 g/mol. The Morgan fingerprint density at radius 3 is 2.30 bits per heavy atom. The summed E-state index contributed by atoms with van der Waals surface area (Å²) in [5, 5.41) is 0. The Bertz CT molecular complexity index is 78.9. The largest absolute Gasteiger partial charge is 0.499 e. The number of hydrogen-bond donors (Lipinski definition) is 0. The van der Waals surface area contributed by atoms with Crippen molar-refractivity contribution >= 4 is 0 Å². The molecule has 58 valence electrons. The molecule has 0 spiro atoms. The Labute approximate surface area is 60.9 Å². The summed E-state index contributed by atoms with van der Waals surface area (Å²) >= 11 is 0. The predicted octanol–water partition coefficient (Wildman–Crippen LogP) is 1.28. The highest BCUT2D eigenvalue weighted by atomic mass is 16.7. The molecular weight excluding hydrogens is 132 g/mol. The third kappa shape index (κ3) is 7.04. The highest BCUT2D eigenvalue weighted by Crippen LogP contribution is 1.79. The Morgan fingerprint density at radius 2 is 1.70 bits per heavy atom. The van der Waals surface area contributed by atoms with E-state index in [2.05, 4.69) is 17.9 Å². The topological polar surface area (TPSA) is 27.7 Å². The van der Waals surface area contributed by atoms with E-state index < -0.39 is 0 Å². The molecule has 0 aliphatic rings. The molecule has 0 aromatic carbocycles. The molecule has 0 bridgehead atoms. The highest BCUT2D eigenvalue weighted by Gasteiger charge is 1.83. The smallest absolute Gasteiger partial charge is 0.188 e. The molecule has 0 aromatic heterocycles. The van der Waals surface area contributed by atoms with Crippen LogP contribution in [0.5, 0.6) is 0 Å². The zero-order valence-corrected chi connectivity index (χ0v) is 5.91. The average Bonchev–Trinajstić information content (AvgIpc) is 1.97. The third-order valence-electron chi connectivity index (χ3n) is 0.733. The lowest BCUT2D eigenvalue weighted by Crippen LogP contribution is -2.02. The van der Waals surface area contributed by atoms with E-state index in [-0.39, 0.29) is 6.79 Å². The van der Waals surface area contributed by atoms with Crippen molar-refractivity contribution in [3.8, 4) is 0 Å². The first-order valence-corrected chi connectivity index (χ1v) is 2.94. The van der Waals surface area contributed by atoms with Gasteiger partial charge in [0, 0.05) is 0 Å².